The number of esters is 1. The fourth-order valence-corrected chi connectivity index (χ4v) is 3.68. The number of carbonyl (C=O) groups excluding carboxylic acids is 3. The maximum Gasteiger partial charge on any atom is 0.308 e. The van der Waals surface area contributed by atoms with Crippen LogP contribution in [0.15, 0.2) is 65.1 Å². The number of amides is 2. The van der Waals surface area contributed by atoms with Crippen LogP contribution in [-0.4, -0.2) is 42.5 Å². The van der Waals surface area contributed by atoms with Crippen LogP contribution < -0.4 is 15.4 Å². The number of carbonyl (C=O) groups is 3. The zero-order valence-electron chi connectivity index (χ0n) is 20.0. The van der Waals surface area contributed by atoms with Crippen LogP contribution in [0.3, 0.4) is 0 Å². The van der Waals surface area contributed by atoms with E-state index in [0.717, 1.165) is 10.8 Å². The lowest BCUT2D eigenvalue weighted by molar-refractivity contribution is -0.384. The molecule has 2 N–H and O–H groups in total. The monoisotopic (exact) mass is 505 g/mol. The topological polar surface area (TPSA) is 150 Å². The van der Waals surface area contributed by atoms with Gasteiger partial charge in [-0.2, -0.15) is 0 Å². The first-order valence-electron chi connectivity index (χ1n) is 11.3. The molecule has 0 saturated heterocycles. The number of rotatable bonds is 9. The second kappa shape index (κ2) is 10.8. The fraction of sp³-hybridized carbons (Fsp3) is 0.192. The second-order valence-electron chi connectivity index (χ2n) is 8.08. The molecule has 1 aromatic heterocycles. The Balaban J connectivity index is 1.31. The van der Waals surface area contributed by atoms with E-state index in [1.54, 1.807) is 12.1 Å². The van der Waals surface area contributed by atoms with Crippen molar-refractivity contribution in [2.24, 2.45) is 0 Å². The average molecular weight is 505 g/mol. The van der Waals surface area contributed by atoms with Crippen molar-refractivity contribution in [1.29, 1.82) is 0 Å². The average Bonchev–Trinajstić information content (AvgIpc) is 3.25. The van der Waals surface area contributed by atoms with Crippen molar-refractivity contribution in [2.45, 2.75) is 19.4 Å². The number of furan rings is 1. The molecule has 4 rings (SSSR count). The van der Waals surface area contributed by atoms with Crippen molar-refractivity contribution >= 4 is 51.1 Å². The molecule has 37 heavy (non-hydrogen) atoms. The molecule has 0 saturated carbocycles. The Morgan fingerprint density at radius 3 is 2.46 bits per heavy atom. The number of para-hydroxylation sites is 1. The molecule has 3 aromatic carbocycles. The molecule has 1 atom stereocenters. The zero-order valence-corrected chi connectivity index (χ0v) is 20.0. The summed E-state index contributed by atoms with van der Waals surface area (Å²) in [5.74, 6) is -1.34. The number of benzene rings is 3. The SMILES string of the molecule is COc1cc2c(cc1NC(=O)[C@H](C)OC(=O)CCNC(=O)c1ccc([N+](=O)[O-])cc1)oc1ccccc12. The first kappa shape index (κ1) is 25.2. The highest BCUT2D eigenvalue weighted by molar-refractivity contribution is 6.08. The lowest BCUT2D eigenvalue weighted by atomic mass is 10.1. The normalized spacial score (nSPS) is 11.6. The van der Waals surface area contributed by atoms with Crippen LogP contribution >= 0.6 is 0 Å². The van der Waals surface area contributed by atoms with Crippen molar-refractivity contribution in [2.75, 3.05) is 19.0 Å². The maximum atomic E-state index is 12.7. The first-order chi connectivity index (χ1) is 17.8. The lowest BCUT2D eigenvalue weighted by Crippen LogP contribution is -2.32. The summed E-state index contributed by atoms with van der Waals surface area (Å²) >= 11 is 0. The Morgan fingerprint density at radius 1 is 1.03 bits per heavy atom. The summed E-state index contributed by atoms with van der Waals surface area (Å²) in [4.78, 5) is 47.1. The minimum atomic E-state index is -1.12. The van der Waals surface area contributed by atoms with E-state index in [-0.39, 0.29) is 24.2 Å². The molecule has 11 heteroatoms. The summed E-state index contributed by atoms with van der Waals surface area (Å²) in [6, 6.07) is 16.0. The van der Waals surface area contributed by atoms with Gasteiger partial charge in [0.15, 0.2) is 6.10 Å². The van der Waals surface area contributed by atoms with Gasteiger partial charge in [-0.25, -0.2) is 0 Å². The molecule has 190 valence electrons. The summed E-state index contributed by atoms with van der Waals surface area (Å²) < 4.78 is 16.5. The number of nitrogens with one attached hydrogen (secondary N) is 2. The number of ether oxygens (including phenoxy) is 2. The first-order valence-corrected chi connectivity index (χ1v) is 11.3. The van der Waals surface area contributed by atoms with Crippen molar-refractivity contribution in [1.82, 2.24) is 5.32 Å². The smallest absolute Gasteiger partial charge is 0.308 e. The number of methoxy groups -OCH3 is 1. The summed E-state index contributed by atoms with van der Waals surface area (Å²) in [5.41, 5.74) is 1.69. The second-order valence-corrected chi connectivity index (χ2v) is 8.08. The number of nitrogens with zero attached hydrogens (tertiary/aromatic N) is 1. The zero-order chi connectivity index (χ0) is 26.5. The molecule has 4 aromatic rings. The van der Waals surface area contributed by atoms with E-state index in [1.165, 1.54) is 38.3 Å². The molecule has 1 heterocycles. The maximum absolute atomic E-state index is 12.7. The van der Waals surface area contributed by atoms with Gasteiger partial charge in [-0.3, -0.25) is 24.5 Å². The molecule has 0 fully saturated rings. The molecule has 0 bridgehead atoms. The van der Waals surface area contributed by atoms with Gasteiger partial charge in [0.25, 0.3) is 17.5 Å². The van der Waals surface area contributed by atoms with Crippen LogP contribution in [0.1, 0.15) is 23.7 Å². The molecule has 0 unspecified atom stereocenters. The molecular weight excluding hydrogens is 482 g/mol. The van der Waals surface area contributed by atoms with Crippen molar-refractivity contribution in [3.8, 4) is 5.75 Å². The Kier molecular flexibility index (Phi) is 7.33. The third-order valence-electron chi connectivity index (χ3n) is 5.59. The molecule has 0 aliphatic rings. The lowest BCUT2D eigenvalue weighted by Gasteiger charge is -2.15. The fourth-order valence-electron chi connectivity index (χ4n) is 3.68. The molecular formula is C26H23N3O8. The Labute approximate surface area is 210 Å². The van der Waals surface area contributed by atoms with Crippen LogP contribution in [0.4, 0.5) is 11.4 Å². The standard InChI is InChI=1S/C26H23N3O8/c1-15(36-24(30)11-12-27-26(32)16-7-9-17(10-8-16)29(33)34)25(31)28-20-14-22-19(13-23(20)35-2)18-5-3-4-6-21(18)37-22/h3-10,13-15H,11-12H2,1-2H3,(H,27,32)(H,28,31)/t15-/m0/s1. The minimum absolute atomic E-state index is 0.0421. The Bertz CT molecular complexity index is 1490. The summed E-state index contributed by atoms with van der Waals surface area (Å²) in [6.45, 7) is 1.38. The number of nitro benzene ring substituents is 1. The number of hydrogen-bond acceptors (Lipinski definition) is 8. The van der Waals surface area contributed by atoms with Gasteiger partial charge in [0.05, 0.1) is 24.1 Å². The minimum Gasteiger partial charge on any atom is -0.495 e. The van der Waals surface area contributed by atoms with E-state index < -0.39 is 28.8 Å². The van der Waals surface area contributed by atoms with Crippen LogP contribution in [0.25, 0.3) is 21.9 Å². The van der Waals surface area contributed by atoms with E-state index in [1.807, 2.05) is 24.3 Å². The predicted molar refractivity (Wildman–Crippen MR) is 135 cm³/mol. The number of non-ortho nitro benzene ring substituents is 1. The van der Waals surface area contributed by atoms with Gasteiger partial charge in [-0.1, -0.05) is 18.2 Å². The van der Waals surface area contributed by atoms with Gasteiger partial charge in [0, 0.05) is 41.1 Å². The molecule has 0 spiro atoms. The van der Waals surface area contributed by atoms with Gasteiger partial charge in [0.1, 0.15) is 16.9 Å². The quantitative estimate of drug-likeness (QED) is 0.195. The van der Waals surface area contributed by atoms with Gasteiger partial charge in [0.2, 0.25) is 0 Å². The molecule has 2 amide bonds. The van der Waals surface area contributed by atoms with E-state index in [9.17, 15) is 24.5 Å². The predicted octanol–water partition coefficient (Wildman–Crippen LogP) is 4.19. The van der Waals surface area contributed by atoms with E-state index in [2.05, 4.69) is 10.6 Å². The van der Waals surface area contributed by atoms with Crippen molar-refractivity contribution in [3.05, 3.63) is 76.3 Å². The van der Waals surface area contributed by atoms with Gasteiger partial charge in [-0.05, 0) is 31.2 Å². The van der Waals surface area contributed by atoms with Crippen molar-refractivity contribution in [3.63, 3.8) is 0 Å². The third-order valence-corrected chi connectivity index (χ3v) is 5.59. The van der Waals surface area contributed by atoms with Crippen LogP contribution in [0.2, 0.25) is 0 Å². The van der Waals surface area contributed by atoms with Crippen molar-refractivity contribution < 1.29 is 33.2 Å². The van der Waals surface area contributed by atoms with E-state index in [0.29, 0.717) is 22.6 Å². The van der Waals surface area contributed by atoms with E-state index >= 15 is 0 Å². The highest BCUT2D eigenvalue weighted by Gasteiger charge is 2.21. The number of anilines is 1. The van der Waals surface area contributed by atoms with E-state index in [4.69, 9.17) is 13.9 Å². The number of fused-ring (bicyclic) bond motifs is 3. The summed E-state index contributed by atoms with van der Waals surface area (Å²) in [6.07, 6.45) is -1.29. The Morgan fingerprint density at radius 2 is 1.76 bits per heavy atom. The highest BCUT2D eigenvalue weighted by atomic mass is 16.6. The number of hydrogen-bond donors (Lipinski definition) is 2. The molecule has 0 radical (unpaired) electrons. The molecule has 0 aliphatic carbocycles. The molecule has 0 aliphatic heterocycles. The summed E-state index contributed by atoms with van der Waals surface area (Å²) in [7, 11) is 1.48. The molecule has 11 nitrogen and oxygen atoms in total. The summed E-state index contributed by atoms with van der Waals surface area (Å²) in [5, 5.41) is 17.7. The van der Waals surface area contributed by atoms with Crippen LogP contribution in [0, 0.1) is 10.1 Å². The van der Waals surface area contributed by atoms with Gasteiger partial charge >= 0.3 is 5.97 Å². The van der Waals surface area contributed by atoms with Gasteiger partial charge < -0.3 is 24.5 Å². The highest BCUT2D eigenvalue weighted by Crippen LogP contribution is 2.36. The Hall–Kier alpha value is -4.93. The van der Waals surface area contributed by atoms with Gasteiger partial charge in [-0.15, -0.1) is 0 Å². The number of nitro groups is 1. The third kappa shape index (κ3) is 5.67. The van der Waals surface area contributed by atoms with Crippen LogP contribution in [-0.2, 0) is 14.3 Å². The largest absolute Gasteiger partial charge is 0.495 e. The van der Waals surface area contributed by atoms with Crippen LogP contribution in [0.5, 0.6) is 5.75 Å².